The number of piperidine rings is 1. The number of aliphatic hydroxyl groups is 1. The highest BCUT2D eigenvalue weighted by atomic mass is 32.1. The Balaban J connectivity index is 1.64. The van der Waals surface area contributed by atoms with Crippen LogP contribution in [0.4, 0.5) is 9.93 Å². The molecule has 1 aliphatic heterocycles. The van der Waals surface area contributed by atoms with Crippen LogP contribution in [0.5, 0.6) is 0 Å². The third-order valence-electron chi connectivity index (χ3n) is 3.99. The molecule has 0 aromatic carbocycles. The molecule has 110 valence electrons. The molecular formula is C14H21N3O2S. The maximum absolute atomic E-state index is 12.2. The number of hydrogen-bond donors (Lipinski definition) is 2. The number of fused-ring (bicyclic) bond motifs is 1. The lowest BCUT2D eigenvalue weighted by atomic mass is 10.1. The number of β-amino-alcohol motifs (C(OH)–C–C–N with tert-alkyl or cyclic N) is 1. The van der Waals surface area contributed by atoms with E-state index in [0.29, 0.717) is 18.2 Å². The van der Waals surface area contributed by atoms with Crippen LogP contribution in [0.3, 0.4) is 0 Å². The van der Waals surface area contributed by atoms with Crippen molar-refractivity contribution in [2.24, 2.45) is 0 Å². The normalized spacial score (nSPS) is 23.1. The van der Waals surface area contributed by atoms with Crippen LogP contribution in [0.15, 0.2) is 0 Å². The first-order valence-electron chi connectivity index (χ1n) is 7.45. The fourth-order valence-corrected chi connectivity index (χ4v) is 3.93. The van der Waals surface area contributed by atoms with Gasteiger partial charge in [-0.1, -0.05) is 6.42 Å². The molecule has 6 heteroatoms. The Hall–Kier alpha value is -1.14. The van der Waals surface area contributed by atoms with Crippen LogP contribution in [-0.4, -0.2) is 40.2 Å². The summed E-state index contributed by atoms with van der Waals surface area (Å²) in [6.07, 6.45) is 7.08. The van der Waals surface area contributed by atoms with Crippen molar-refractivity contribution in [1.29, 1.82) is 0 Å². The minimum atomic E-state index is -0.387. The molecule has 2 N–H and O–H groups in total. The number of likely N-dealkylation sites (tertiary alicyclic amines) is 1. The van der Waals surface area contributed by atoms with Crippen molar-refractivity contribution in [1.82, 2.24) is 9.88 Å². The first-order valence-corrected chi connectivity index (χ1v) is 8.26. The summed E-state index contributed by atoms with van der Waals surface area (Å²) in [7, 11) is 0. The van der Waals surface area contributed by atoms with Crippen molar-refractivity contribution in [3.8, 4) is 0 Å². The molecule has 1 saturated heterocycles. The van der Waals surface area contributed by atoms with Gasteiger partial charge in [-0.05, 0) is 38.5 Å². The molecule has 0 radical (unpaired) electrons. The number of aromatic nitrogens is 1. The van der Waals surface area contributed by atoms with Gasteiger partial charge in [-0.3, -0.25) is 5.32 Å². The number of nitrogens with zero attached hydrogens (tertiary/aromatic N) is 2. The summed E-state index contributed by atoms with van der Waals surface area (Å²) in [6.45, 7) is 1.14. The van der Waals surface area contributed by atoms with E-state index >= 15 is 0 Å². The molecule has 2 heterocycles. The number of nitrogens with one attached hydrogen (secondary N) is 1. The van der Waals surface area contributed by atoms with Crippen LogP contribution in [0.2, 0.25) is 0 Å². The van der Waals surface area contributed by atoms with E-state index < -0.39 is 0 Å². The number of rotatable bonds is 1. The smallest absolute Gasteiger partial charge is 0.323 e. The number of aliphatic hydroxyl groups excluding tert-OH is 1. The summed E-state index contributed by atoms with van der Waals surface area (Å²) in [6, 6.07) is -0.132. The van der Waals surface area contributed by atoms with Gasteiger partial charge in [0.25, 0.3) is 0 Å². The van der Waals surface area contributed by atoms with Crippen LogP contribution >= 0.6 is 11.3 Å². The van der Waals surface area contributed by atoms with Gasteiger partial charge in [-0.15, -0.1) is 11.3 Å². The van der Waals surface area contributed by atoms with Crippen LogP contribution in [0, 0.1) is 0 Å². The van der Waals surface area contributed by atoms with E-state index in [1.54, 1.807) is 16.2 Å². The molecule has 1 fully saturated rings. The average Bonchev–Trinajstić information content (AvgIpc) is 2.68. The molecule has 1 aromatic rings. The third-order valence-corrected chi connectivity index (χ3v) is 5.07. The molecule has 1 atom stereocenters. The maximum atomic E-state index is 12.2. The molecule has 0 saturated carbocycles. The van der Waals surface area contributed by atoms with Gasteiger partial charge in [-0.2, -0.15) is 0 Å². The van der Waals surface area contributed by atoms with Gasteiger partial charge in [0.1, 0.15) is 0 Å². The molecule has 1 aromatic heterocycles. The van der Waals surface area contributed by atoms with Crippen LogP contribution in [0.1, 0.15) is 42.7 Å². The second-order valence-electron chi connectivity index (χ2n) is 5.62. The van der Waals surface area contributed by atoms with E-state index in [4.69, 9.17) is 0 Å². The Morgan fingerprint density at radius 2 is 2.15 bits per heavy atom. The van der Waals surface area contributed by atoms with Gasteiger partial charge in [0.05, 0.1) is 11.8 Å². The largest absolute Gasteiger partial charge is 0.391 e. The van der Waals surface area contributed by atoms with E-state index in [0.717, 1.165) is 25.7 Å². The lowest BCUT2D eigenvalue weighted by molar-refractivity contribution is 0.0883. The van der Waals surface area contributed by atoms with Gasteiger partial charge >= 0.3 is 6.03 Å². The number of amides is 2. The highest BCUT2D eigenvalue weighted by molar-refractivity contribution is 7.15. The first kappa shape index (κ1) is 13.8. The monoisotopic (exact) mass is 295 g/mol. The van der Waals surface area contributed by atoms with Gasteiger partial charge in [0, 0.05) is 18.0 Å². The molecule has 1 unspecified atom stereocenters. The van der Waals surface area contributed by atoms with Crippen LogP contribution in [0.25, 0.3) is 0 Å². The number of anilines is 1. The minimum absolute atomic E-state index is 0.132. The molecule has 2 amide bonds. The van der Waals surface area contributed by atoms with Crippen molar-refractivity contribution in [2.75, 3.05) is 18.4 Å². The van der Waals surface area contributed by atoms with Crippen molar-refractivity contribution in [2.45, 2.75) is 51.0 Å². The summed E-state index contributed by atoms with van der Waals surface area (Å²) in [4.78, 5) is 19.7. The number of aryl methyl sites for hydroxylation is 2. The number of thiazole rings is 1. The van der Waals surface area contributed by atoms with Gasteiger partial charge in [0.15, 0.2) is 5.13 Å². The fourth-order valence-electron chi connectivity index (χ4n) is 2.89. The molecule has 0 bridgehead atoms. The SMILES string of the molecule is O=C(Nc1nc2c(s1)CCCCC2)N1CCCC(O)C1. The van der Waals surface area contributed by atoms with Gasteiger partial charge < -0.3 is 10.0 Å². The van der Waals surface area contributed by atoms with Crippen LogP contribution in [-0.2, 0) is 12.8 Å². The molecule has 1 aliphatic carbocycles. The third kappa shape index (κ3) is 3.12. The summed E-state index contributed by atoms with van der Waals surface area (Å²) < 4.78 is 0. The Morgan fingerprint density at radius 3 is 3.00 bits per heavy atom. The fraction of sp³-hybridized carbons (Fsp3) is 0.714. The Morgan fingerprint density at radius 1 is 1.30 bits per heavy atom. The van der Waals surface area contributed by atoms with E-state index in [1.165, 1.54) is 29.8 Å². The first-order chi connectivity index (χ1) is 9.72. The van der Waals surface area contributed by atoms with E-state index in [-0.39, 0.29) is 12.1 Å². The van der Waals surface area contributed by atoms with Gasteiger partial charge in [-0.25, -0.2) is 9.78 Å². The molecule has 0 spiro atoms. The Labute approximate surface area is 123 Å². The number of urea groups is 1. The minimum Gasteiger partial charge on any atom is -0.391 e. The molecule has 20 heavy (non-hydrogen) atoms. The zero-order chi connectivity index (χ0) is 13.9. The zero-order valence-corrected chi connectivity index (χ0v) is 12.4. The standard InChI is InChI=1S/C14H21N3O2S/c18-10-5-4-8-17(9-10)14(19)16-13-15-11-6-2-1-3-7-12(11)20-13/h10,18H,1-9H2,(H,15,16,19). The molecule has 5 nitrogen and oxygen atoms in total. The maximum Gasteiger partial charge on any atom is 0.323 e. The second-order valence-corrected chi connectivity index (χ2v) is 6.71. The Bertz CT molecular complexity index is 465. The van der Waals surface area contributed by atoms with Crippen molar-refractivity contribution < 1.29 is 9.90 Å². The number of hydrogen-bond acceptors (Lipinski definition) is 4. The number of carbonyl (C=O) groups is 1. The summed E-state index contributed by atoms with van der Waals surface area (Å²) >= 11 is 1.61. The average molecular weight is 295 g/mol. The molecular weight excluding hydrogens is 274 g/mol. The predicted molar refractivity (Wildman–Crippen MR) is 79.2 cm³/mol. The summed E-state index contributed by atoms with van der Waals surface area (Å²) in [5.74, 6) is 0. The predicted octanol–water partition coefficient (Wildman–Crippen LogP) is 2.40. The topological polar surface area (TPSA) is 65.5 Å². The van der Waals surface area contributed by atoms with E-state index in [2.05, 4.69) is 10.3 Å². The summed E-state index contributed by atoms with van der Waals surface area (Å²) in [5, 5.41) is 13.2. The molecule has 3 rings (SSSR count). The van der Waals surface area contributed by atoms with Crippen LogP contribution < -0.4 is 5.32 Å². The highest BCUT2D eigenvalue weighted by Crippen LogP contribution is 2.29. The van der Waals surface area contributed by atoms with E-state index in [1.807, 2.05) is 0 Å². The summed E-state index contributed by atoms with van der Waals surface area (Å²) in [5.41, 5.74) is 1.17. The second kappa shape index (κ2) is 6.10. The zero-order valence-electron chi connectivity index (χ0n) is 11.6. The number of carbonyl (C=O) groups excluding carboxylic acids is 1. The van der Waals surface area contributed by atoms with Crippen molar-refractivity contribution >= 4 is 22.5 Å². The lowest BCUT2D eigenvalue weighted by Gasteiger charge is -2.29. The quantitative estimate of drug-likeness (QED) is 0.782. The van der Waals surface area contributed by atoms with Gasteiger partial charge in [0.2, 0.25) is 0 Å². The highest BCUT2D eigenvalue weighted by Gasteiger charge is 2.23. The van der Waals surface area contributed by atoms with Crippen molar-refractivity contribution in [3.63, 3.8) is 0 Å². The lowest BCUT2D eigenvalue weighted by Crippen LogP contribution is -2.44. The molecule has 2 aliphatic rings. The van der Waals surface area contributed by atoms with E-state index in [9.17, 15) is 9.90 Å². The Kier molecular flexibility index (Phi) is 4.21. The van der Waals surface area contributed by atoms with Crippen molar-refractivity contribution in [3.05, 3.63) is 10.6 Å².